The molecule has 1 N–H and O–H groups in total. The minimum atomic E-state index is -5.12. The molecule has 0 fully saturated rings. The fourth-order valence-electron chi connectivity index (χ4n) is 3.46. The maximum absolute atomic E-state index is 12.9. The summed E-state index contributed by atoms with van der Waals surface area (Å²) in [4.78, 5) is 11.3. The molecule has 2 unspecified atom stereocenters. The predicted molar refractivity (Wildman–Crippen MR) is 124 cm³/mol. The summed E-state index contributed by atoms with van der Waals surface area (Å²) in [5.74, 6) is -0.309. The Hall–Kier alpha value is -0.320. The van der Waals surface area contributed by atoms with Gasteiger partial charge < -0.3 is 14.4 Å². The number of rotatable bonds is 11. The van der Waals surface area contributed by atoms with E-state index in [9.17, 15) is 39.2 Å². The molecule has 10 nitrogen and oxygen atoms in total. The maximum atomic E-state index is 12.9. The summed E-state index contributed by atoms with van der Waals surface area (Å²) < 4.78 is 95.3. The third-order valence-electron chi connectivity index (χ3n) is 5.19. The standard InChI is InChI=1S/C21H27NO9S3.2Na/c1-15(23)14-21(2,3)32(24,25)18-11-9-17(10-12-18)22-20(34(29,30)31)13-19(33(26,27)28)16-7-5-4-6-8-16;;/h4-12,19-20,22H,13-14H2,1-3H3,(H,26,27,28)(H,29,30,31);;/q;2*+1/p-2. The summed E-state index contributed by atoms with van der Waals surface area (Å²) in [7, 11) is -14.1. The molecule has 0 aliphatic heterocycles. The number of anilines is 1. The van der Waals surface area contributed by atoms with E-state index in [1.807, 2.05) is 0 Å². The molecular weight excluding hydrogens is 552 g/mol. The van der Waals surface area contributed by atoms with E-state index in [1.165, 1.54) is 69.3 Å². The number of hydrogen-bond acceptors (Lipinski definition) is 10. The van der Waals surface area contributed by atoms with Crippen LogP contribution in [-0.2, 0) is 34.9 Å². The second kappa shape index (κ2) is 13.7. The molecule has 0 heterocycles. The first-order valence-corrected chi connectivity index (χ1v) is 14.4. The topological polar surface area (TPSA) is 178 Å². The van der Waals surface area contributed by atoms with Crippen molar-refractivity contribution in [1.29, 1.82) is 0 Å². The molecule has 0 saturated heterocycles. The summed E-state index contributed by atoms with van der Waals surface area (Å²) >= 11 is 0. The van der Waals surface area contributed by atoms with Crippen molar-refractivity contribution in [2.24, 2.45) is 0 Å². The van der Waals surface area contributed by atoms with Gasteiger partial charge in [-0.3, -0.25) is 4.79 Å². The molecule has 2 atom stereocenters. The fraction of sp³-hybridized carbons (Fsp3) is 0.381. The van der Waals surface area contributed by atoms with Crippen LogP contribution in [-0.4, -0.2) is 50.3 Å². The number of Topliss-reactive ketones (excluding diaryl/α,β-unsaturated/α-hetero) is 1. The summed E-state index contributed by atoms with van der Waals surface area (Å²) in [6.07, 6.45) is -1.07. The van der Waals surface area contributed by atoms with Gasteiger partial charge >= 0.3 is 59.1 Å². The van der Waals surface area contributed by atoms with Gasteiger partial charge in [0.2, 0.25) is 0 Å². The van der Waals surface area contributed by atoms with E-state index >= 15 is 0 Å². The van der Waals surface area contributed by atoms with E-state index < -0.39 is 51.9 Å². The number of hydrogen-bond donors (Lipinski definition) is 1. The first-order chi connectivity index (χ1) is 15.4. The Labute approximate surface area is 256 Å². The Balaban J connectivity index is 0.00000612. The monoisotopic (exact) mass is 577 g/mol. The van der Waals surface area contributed by atoms with Crippen molar-refractivity contribution < 1.29 is 98.3 Å². The van der Waals surface area contributed by atoms with Crippen LogP contribution in [0.15, 0.2) is 59.5 Å². The minimum absolute atomic E-state index is 0. The van der Waals surface area contributed by atoms with Crippen LogP contribution in [0.25, 0.3) is 0 Å². The van der Waals surface area contributed by atoms with Gasteiger partial charge in [0.05, 0.1) is 14.9 Å². The summed E-state index contributed by atoms with van der Waals surface area (Å²) in [5, 5.41) is -1.40. The van der Waals surface area contributed by atoms with Crippen molar-refractivity contribution in [2.75, 3.05) is 5.32 Å². The average Bonchev–Trinajstić information content (AvgIpc) is 2.69. The van der Waals surface area contributed by atoms with E-state index in [0.717, 1.165) is 0 Å². The summed E-state index contributed by atoms with van der Waals surface area (Å²) in [6, 6.07) is 11.9. The molecule has 0 aliphatic carbocycles. The average molecular weight is 578 g/mol. The van der Waals surface area contributed by atoms with Crippen LogP contribution in [0.5, 0.6) is 0 Å². The number of nitrogens with one attached hydrogen (secondary N) is 1. The molecule has 0 bridgehead atoms. The fourth-order valence-corrected chi connectivity index (χ4v) is 6.74. The molecule has 0 amide bonds. The third-order valence-corrected chi connectivity index (χ3v) is 9.85. The van der Waals surface area contributed by atoms with Crippen molar-refractivity contribution in [2.45, 2.75) is 53.9 Å². The van der Waals surface area contributed by atoms with Crippen LogP contribution < -0.4 is 64.4 Å². The zero-order valence-electron chi connectivity index (χ0n) is 20.7. The Bertz CT molecular complexity index is 1350. The molecule has 188 valence electrons. The second-order valence-electron chi connectivity index (χ2n) is 8.42. The molecular formula is C21H25NNa2O9S3. The SMILES string of the molecule is CC(=O)CC(C)(C)S(=O)(=O)c1ccc(NC(CC(c2ccccc2)S(=O)(=O)[O-])S(=O)(=O)[O-])cc1.[Na+].[Na+]. The first-order valence-electron chi connectivity index (χ1n) is 10.0. The van der Waals surface area contributed by atoms with E-state index in [-0.39, 0.29) is 87.5 Å². The van der Waals surface area contributed by atoms with E-state index in [2.05, 4.69) is 5.32 Å². The van der Waals surface area contributed by atoms with Crippen LogP contribution in [0.1, 0.15) is 44.4 Å². The quantitative estimate of drug-likeness (QED) is 0.206. The smallest absolute Gasteiger partial charge is 0.747 e. The van der Waals surface area contributed by atoms with Crippen LogP contribution in [0.2, 0.25) is 0 Å². The molecule has 0 spiro atoms. The summed E-state index contributed by atoms with van der Waals surface area (Å²) in [6.45, 7) is 4.09. The Morgan fingerprint density at radius 3 is 1.78 bits per heavy atom. The van der Waals surface area contributed by atoms with Crippen molar-refractivity contribution >= 4 is 41.5 Å². The Morgan fingerprint density at radius 1 is 0.861 bits per heavy atom. The predicted octanol–water partition coefficient (Wildman–Crippen LogP) is -3.81. The number of sulfone groups is 1. The molecule has 0 aliphatic rings. The van der Waals surface area contributed by atoms with Crippen LogP contribution >= 0.6 is 0 Å². The van der Waals surface area contributed by atoms with Crippen LogP contribution in [0.4, 0.5) is 5.69 Å². The Kier molecular flexibility index (Phi) is 13.5. The van der Waals surface area contributed by atoms with Gasteiger partial charge in [0, 0.05) is 18.5 Å². The molecule has 0 saturated carbocycles. The first kappa shape index (κ1) is 35.7. The molecule has 2 aromatic rings. The molecule has 15 heteroatoms. The number of carbonyl (C=O) groups is 1. The van der Waals surface area contributed by atoms with Crippen LogP contribution in [0.3, 0.4) is 0 Å². The van der Waals surface area contributed by atoms with Crippen molar-refractivity contribution in [3.05, 3.63) is 60.2 Å². The minimum Gasteiger partial charge on any atom is -0.747 e. The molecule has 0 aromatic heterocycles. The van der Waals surface area contributed by atoms with E-state index in [0.29, 0.717) is 0 Å². The zero-order chi connectivity index (χ0) is 25.9. The van der Waals surface area contributed by atoms with Crippen molar-refractivity contribution in [3.8, 4) is 0 Å². The van der Waals surface area contributed by atoms with Gasteiger partial charge in [0.15, 0.2) is 9.84 Å². The van der Waals surface area contributed by atoms with E-state index in [1.54, 1.807) is 6.07 Å². The zero-order valence-corrected chi connectivity index (χ0v) is 27.1. The normalized spacial score (nSPS) is 14.0. The molecule has 2 rings (SSSR count). The molecule has 0 radical (unpaired) electrons. The molecule has 36 heavy (non-hydrogen) atoms. The number of benzene rings is 2. The maximum Gasteiger partial charge on any atom is 1.00 e. The van der Waals surface area contributed by atoms with Gasteiger partial charge in [-0.2, -0.15) is 0 Å². The van der Waals surface area contributed by atoms with Gasteiger partial charge in [-0.15, -0.1) is 0 Å². The van der Waals surface area contributed by atoms with Gasteiger partial charge in [0.1, 0.15) is 31.4 Å². The summed E-state index contributed by atoms with van der Waals surface area (Å²) in [5.41, 5.74) is 0.0463. The van der Waals surface area contributed by atoms with Crippen LogP contribution in [0, 0.1) is 0 Å². The largest absolute Gasteiger partial charge is 1.00 e. The molecule has 2 aromatic carbocycles. The van der Waals surface area contributed by atoms with Gasteiger partial charge in [0.25, 0.3) is 0 Å². The number of carbonyl (C=O) groups excluding carboxylic acids is 1. The van der Waals surface area contributed by atoms with Gasteiger partial charge in [-0.1, -0.05) is 30.3 Å². The van der Waals surface area contributed by atoms with Gasteiger partial charge in [-0.25, -0.2) is 25.3 Å². The van der Waals surface area contributed by atoms with Crippen molar-refractivity contribution in [1.82, 2.24) is 0 Å². The third kappa shape index (κ3) is 9.45. The second-order valence-corrected chi connectivity index (χ2v) is 14.1. The number of ketones is 1. The van der Waals surface area contributed by atoms with E-state index in [4.69, 9.17) is 0 Å². The Morgan fingerprint density at radius 2 is 1.36 bits per heavy atom. The van der Waals surface area contributed by atoms with Gasteiger partial charge in [-0.05, 0) is 50.6 Å². The van der Waals surface area contributed by atoms with Crippen molar-refractivity contribution in [3.63, 3.8) is 0 Å².